The molecule has 0 heterocycles. The topological polar surface area (TPSA) is 182 Å². The Morgan fingerprint density at radius 1 is 1.06 bits per heavy atom. The largest absolute Gasteiger partial charge is 0.510 e. The number of Topliss-reactive ketones (excluding diaryl/α,β-unsaturated/α-hetero) is 2. The molecule has 3 aliphatic carbocycles. The van der Waals surface area contributed by atoms with Gasteiger partial charge in [0, 0.05) is 11.8 Å². The Morgan fingerprint density at radius 2 is 1.66 bits per heavy atom. The molecule has 0 radical (unpaired) electrons. The van der Waals surface area contributed by atoms with Gasteiger partial charge in [-0.1, -0.05) is 19.1 Å². The van der Waals surface area contributed by atoms with E-state index in [4.69, 9.17) is 5.73 Å². The molecule has 7 atom stereocenters. The number of nitrogens with zero attached hydrogens (tertiary/aromatic N) is 1. The standard InChI is InChI=1S/C22H26N2O8/c1-7-8-5-4-6-9(25)11(8)18(27)14-10(7)17(26)12-15(22(14,31)32)19(28)13(21(23)30)20(29)16(12)24(2)3/h4-7,10,12,14-17,25-26,29,31-32H,1-3H3,(H2,23,30). The number of carbonyl (C=O) groups is 3. The van der Waals surface area contributed by atoms with Gasteiger partial charge >= 0.3 is 0 Å². The molecule has 0 spiro atoms. The van der Waals surface area contributed by atoms with Crippen molar-refractivity contribution in [1.29, 1.82) is 0 Å². The van der Waals surface area contributed by atoms with Crippen LogP contribution in [0.1, 0.15) is 28.8 Å². The van der Waals surface area contributed by atoms with E-state index >= 15 is 0 Å². The number of phenolic OH excluding ortho intramolecular Hbond substituents is 1. The van der Waals surface area contributed by atoms with E-state index in [1.165, 1.54) is 25.1 Å². The predicted octanol–water partition coefficient (Wildman–Crippen LogP) is -0.977. The normalized spacial score (nSPS) is 35.9. The number of hydrogen-bond donors (Lipinski definition) is 6. The molecule has 0 aromatic heterocycles. The van der Waals surface area contributed by atoms with Gasteiger partial charge in [-0.2, -0.15) is 0 Å². The van der Waals surface area contributed by atoms with Gasteiger partial charge in [-0.25, -0.2) is 0 Å². The summed E-state index contributed by atoms with van der Waals surface area (Å²) < 4.78 is 0. The van der Waals surface area contributed by atoms with Crippen molar-refractivity contribution < 1.29 is 39.9 Å². The molecule has 1 amide bonds. The van der Waals surface area contributed by atoms with Crippen LogP contribution in [0.5, 0.6) is 5.75 Å². The molecule has 0 saturated heterocycles. The number of phenols is 1. The van der Waals surface area contributed by atoms with Crippen LogP contribution in [0.3, 0.4) is 0 Å². The van der Waals surface area contributed by atoms with Gasteiger partial charge in [-0.15, -0.1) is 0 Å². The Balaban J connectivity index is 1.98. The van der Waals surface area contributed by atoms with E-state index < -0.39 is 76.3 Å². The molecule has 10 nitrogen and oxygen atoms in total. The van der Waals surface area contributed by atoms with Crippen molar-refractivity contribution in [1.82, 2.24) is 4.90 Å². The molecular weight excluding hydrogens is 420 g/mol. The van der Waals surface area contributed by atoms with E-state index in [1.54, 1.807) is 19.1 Å². The first-order valence-corrected chi connectivity index (χ1v) is 10.3. The fourth-order valence-corrected chi connectivity index (χ4v) is 6.12. The third-order valence-electron chi connectivity index (χ3n) is 7.38. The molecule has 1 aromatic carbocycles. The Labute approximate surface area is 183 Å². The van der Waals surface area contributed by atoms with Gasteiger partial charge in [-0.3, -0.25) is 19.3 Å². The highest BCUT2D eigenvalue weighted by Gasteiger charge is 2.69. The first-order chi connectivity index (χ1) is 14.8. The van der Waals surface area contributed by atoms with E-state index in [0.717, 1.165) is 0 Å². The number of fused-ring (bicyclic) bond motifs is 3. The first kappa shape index (κ1) is 22.4. The summed E-state index contributed by atoms with van der Waals surface area (Å²) in [5.41, 5.74) is 4.85. The molecule has 7 unspecified atom stereocenters. The molecule has 7 N–H and O–H groups in total. The molecule has 0 bridgehead atoms. The second-order valence-corrected chi connectivity index (χ2v) is 9.18. The van der Waals surface area contributed by atoms with Crippen LogP contribution in [0, 0.1) is 23.7 Å². The quantitative estimate of drug-likeness (QED) is 0.246. The minimum atomic E-state index is -2.98. The number of primary amides is 1. The van der Waals surface area contributed by atoms with Crippen LogP contribution >= 0.6 is 0 Å². The number of amides is 1. The molecular formula is C22H26N2O8. The van der Waals surface area contributed by atoms with Crippen LogP contribution in [-0.2, 0) is 9.59 Å². The predicted molar refractivity (Wildman–Crippen MR) is 109 cm³/mol. The number of hydrogen-bond acceptors (Lipinski definition) is 9. The van der Waals surface area contributed by atoms with Gasteiger partial charge in [0.25, 0.3) is 5.91 Å². The molecule has 1 aromatic rings. The maximum Gasteiger partial charge on any atom is 0.255 e. The fourth-order valence-electron chi connectivity index (χ4n) is 6.12. The van der Waals surface area contributed by atoms with Crippen LogP contribution < -0.4 is 5.73 Å². The molecule has 4 rings (SSSR count). The summed E-state index contributed by atoms with van der Waals surface area (Å²) in [5, 5.41) is 55.0. The highest BCUT2D eigenvalue weighted by atomic mass is 16.5. The Bertz CT molecular complexity index is 1060. The zero-order valence-electron chi connectivity index (χ0n) is 17.8. The summed E-state index contributed by atoms with van der Waals surface area (Å²) in [7, 11) is 3.06. The van der Waals surface area contributed by atoms with E-state index in [0.29, 0.717) is 5.56 Å². The maximum atomic E-state index is 13.4. The first-order valence-electron chi connectivity index (χ1n) is 10.3. The van der Waals surface area contributed by atoms with Crippen molar-refractivity contribution in [3.05, 3.63) is 40.7 Å². The maximum absolute atomic E-state index is 13.4. The van der Waals surface area contributed by atoms with Crippen LogP contribution in [0.25, 0.3) is 0 Å². The molecule has 1 saturated carbocycles. The van der Waals surface area contributed by atoms with Gasteiger partial charge < -0.3 is 31.3 Å². The van der Waals surface area contributed by atoms with Crippen molar-refractivity contribution >= 4 is 17.5 Å². The second-order valence-electron chi connectivity index (χ2n) is 9.18. The van der Waals surface area contributed by atoms with Gasteiger partial charge in [0.1, 0.15) is 17.1 Å². The Kier molecular flexibility index (Phi) is 4.98. The summed E-state index contributed by atoms with van der Waals surface area (Å²) in [6.45, 7) is 1.68. The highest BCUT2D eigenvalue weighted by Crippen LogP contribution is 2.57. The molecule has 32 heavy (non-hydrogen) atoms. The van der Waals surface area contributed by atoms with Crippen molar-refractivity contribution in [3.63, 3.8) is 0 Å². The van der Waals surface area contributed by atoms with Crippen LogP contribution in [0.15, 0.2) is 29.5 Å². The second kappa shape index (κ2) is 7.11. The third kappa shape index (κ3) is 2.70. The molecule has 3 aliphatic rings. The van der Waals surface area contributed by atoms with Crippen molar-refractivity contribution in [2.45, 2.75) is 30.8 Å². The third-order valence-corrected chi connectivity index (χ3v) is 7.38. The summed E-state index contributed by atoms with van der Waals surface area (Å²) in [5.74, 6) is -13.6. The van der Waals surface area contributed by atoms with Crippen molar-refractivity contribution in [2.75, 3.05) is 14.1 Å². The van der Waals surface area contributed by atoms with E-state index in [-0.39, 0.29) is 11.3 Å². The van der Waals surface area contributed by atoms with Gasteiger partial charge in [0.15, 0.2) is 17.4 Å². The number of aromatic hydroxyl groups is 1. The lowest BCUT2D eigenvalue weighted by Gasteiger charge is -2.57. The molecule has 10 heteroatoms. The van der Waals surface area contributed by atoms with Crippen LogP contribution in [0.2, 0.25) is 0 Å². The zero-order valence-corrected chi connectivity index (χ0v) is 17.8. The average Bonchev–Trinajstić information content (AvgIpc) is 2.67. The Hall–Kier alpha value is -2.79. The number of aliphatic hydroxyl groups is 4. The number of rotatable bonds is 2. The number of benzene rings is 1. The summed E-state index contributed by atoms with van der Waals surface area (Å²) in [4.78, 5) is 40.0. The number of nitrogens with two attached hydrogens (primary N) is 1. The lowest BCUT2D eigenvalue weighted by molar-refractivity contribution is -0.283. The van der Waals surface area contributed by atoms with Crippen LogP contribution in [0.4, 0.5) is 0 Å². The Morgan fingerprint density at radius 3 is 2.22 bits per heavy atom. The molecule has 0 aliphatic heterocycles. The smallest absolute Gasteiger partial charge is 0.255 e. The summed E-state index contributed by atoms with van der Waals surface area (Å²) in [6, 6.07) is 3.31. The van der Waals surface area contributed by atoms with Gasteiger partial charge in [0.2, 0.25) is 0 Å². The highest BCUT2D eigenvalue weighted by molar-refractivity contribution is 6.21. The minimum absolute atomic E-state index is 0.0969. The van der Waals surface area contributed by atoms with Crippen molar-refractivity contribution in [2.24, 2.45) is 29.4 Å². The lowest BCUT2D eigenvalue weighted by atomic mass is 9.50. The van der Waals surface area contributed by atoms with E-state index in [2.05, 4.69) is 0 Å². The molecule has 1 fully saturated rings. The molecule has 172 valence electrons. The number of carbonyl (C=O) groups excluding carboxylic acids is 3. The number of ketones is 2. The van der Waals surface area contributed by atoms with E-state index in [1.807, 2.05) is 0 Å². The van der Waals surface area contributed by atoms with E-state index in [9.17, 15) is 39.9 Å². The van der Waals surface area contributed by atoms with Crippen LogP contribution in [-0.4, -0.2) is 79.9 Å². The lowest BCUT2D eigenvalue weighted by Crippen LogP contribution is -2.71. The van der Waals surface area contributed by atoms with Crippen molar-refractivity contribution in [3.8, 4) is 5.75 Å². The number of aliphatic hydroxyl groups excluding tert-OH is 2. The van der Waals surface area contributed by atoms with Gasteiger partial charge in [-0.05, 0) is 31.6 Å². The monoisotopic (exact) mass is 446 g/mol. The average molecular weight is 446 g/mol. The fraction of sp³-hybridized carbons (Fsp3) is 0.500. The summed E-state index contributed by atoms with van der Waals surface area (Å²) in [6.07, 6.45) is -1.43. The zero-order chi connectivity index (χ0) is 23.9. The number of likely N-dealkylation sites (N-methyl/N-ethyl adjacent to an activating group) is 1. The van der Waals surface area contributed by atoms with Gasteiger partial charge in [0.05, 0.1) is 29.5 Å². The summed E-state index contributed by atoms with van der Waals surface area (Å²) >= 11 is 0. The SMILES string of the molecule is CC1c2cccc(O)c2C(=O)C2C1C(O)C1C(N(C)C)C(O)=C(C(N)=O)C(=O)C1C2(O)O. The minimum Gasteiger partial charge on any atom is -0.510 e.